The fourth-order valence-corrected chi connectivity index (χ4v) is 4.12. The first kappa shape index (κ1) is 20.9. The van der Waals surface area contributed by atoms with Gasteiger partial charge in [-0.1, -0.05) is 29.8 Å². The molecule has 0 unspecified atom stereocenters. The SMILES string of the molecule is COc1ccc(CCC(=O)N2CCC(c3n[nH]c(=O)n3-c3ccc(C)cc3)CC2)cc1. The molecule has 2 aromatic carbocycles. The molecule has 0 atom stereocenters. The minimum Gasteiger partial charge on any atom is -0.497 e. The van der Waals surface area contributed by atoms with Crippen LogP contribution in [0.5, 0.6) is 5.75 Å². The van der Waals surface area contributed by atoms with Gasteiger partial charge in [0.2, 0.25) is 5.91 Å². The van der Waals surface area contributed by atoms with E-state index in [-0.39, 0.29) is 17.5 Å². The summed E-state index contributed by atoms with van der Waals surface area (Å²) in [6.45, 7) is 3.38. The molecule has 7 heteroatoms. The Morgan fingerprint density at radius 2 is 1.77 bits per heavy atom. The van der Waals surface area contributed by atoms with E-state index in [9.17, 15) is 9.59 Å². The summed E-state index contributed by atoms with van der Waals surface area (Å²) in [5.74, 6) is 1.89. The third-order valence-corrected chi connectivity index (χ3v) is 5.99. The van der Waals surface area contributed by atoms with Crippen molar-refractivity contribution in [1.29, 1.82) is 0 Å². The molecular weight excluding hydrogens is 392 g/mol. The molecule has 4 rings (SSSR count). The Morgan fingerprint density at radius 1 is 1.10 bits per heavy atom. The molecule has 0 spiro atoms. The van der Waals surface area contributed by atoms with Crippen LogP contribution in [-0.4, -0.2) is 45.8 Å². The highest BCUT2D eigenvalue weighted by Gasteiger charge is 2.27. The molecular formula is C24H28N4O3. The summed E-state index contributed by atoms with van der Waals surface area (Å²) >= 11 is 0. The van der Waals surface area contributed by atoms with E-state index in [4.69, 9.17) is 4.74 Å². The fourth-order valence-electron chi connectivity index (χ4n) is 4.12. The quantitative estimate of drug-likeness (QED) is 0.664. The predicted octanol–water partition coefficient (Wildman–Crippen LogP) is 3.22. The van der Waals surface area contributed by atoms with Crippen molar-refractivity contribution < 1.29 is 9.53 Å². The van der Waals surface area contributed by atoms with E-state index in [1.165, 1.54) is 0 Å². The van der Waals surface area contributed by atoms with Crippen molar-refractivity contribution in [3.05, 3.63) is 76.0 Å². The number of hydrogen-bond acceptors (Lipinski definition) is 4. The first-order valence-electron chi connectivity index (χ1n) is 10.7. The molecule has 1 amide bonds. The van der Waals surface area contributed by atoms with Gasteiger partial charge in [-0.25, -0.2) is 14.5 Å². The highest BCUT2D eigenvalue weighted by Crippen LogP contribution is 2.28. The maximum Gasteiger partial charge on any atom is 0.347 e. The Kier molecular flexibility index (Phi) is 6.21. The number of rotatable bonds is 6. The zero-order valence-electron chi connectivity index (χ0n) is 18.0. The van der Waals surface area contributed by atoms with Gasteiger partial charge >= 0.3 is 5.69 Å². The molecule has 2 heterocycles. The number of carbonyl (C=O) groups excluding carboxylic acids is 1. The summed E-state index contributed by atoms with van der Waals surface area (Å²) < 4.78 is 6.83. The number of aryl methyl sites for hydroxylation is 2. The molecule has 0 aliphatic carbocycles. The van der Waals surface area contributed by atoms with Gasteiger partial charge in [0.1, 0.15) is 11.6 Å². The Morgan fingerprint density at radius 3 is 2.42 bits per heavy atom. The van der Waals surface area contributed by atoms with Crippen molar-refractivity contribution in [3.63, 3.8) is 0 Å². The minimum absolute atomic E-state index is 0.144. The molecule has 1 aromatic heterocycles. The largest absolute Gasteiger partial charge is 0.497 e. The number of amides is 1. The van der Waals surface area contributed by atoms with Gasteiger partial charge in [0, 0.05) is 25.4 Å². The van der Waals surface area contributed by atoms with Crippen LogP contribution in [0.25, 0.3) is 5.69 Å². The maximum atomic E-state index is 12.7. The van der Waals surface area contributed by atoms with Crippen LogP contribution in [0, 0.1) is 6.92 Å². The molecule has 1 aliphatic heterocycles. The lowest BCUT2D eigenvalue weighted by Gasteiger charge is -2.31. The lowest BCUT2D eigenvalue weighted by atomic mass is 9.95. The average molecular weight is 421 g/mol. The lowest BCUT2D eigenvalue weighted by molar-refractivity contribution is -0.132. The standard InChI is InChI=1S/C24H28N4O3/c1-17-3-8-20(9-4-17)28-23(25-26-24(28)30)19-13-15-27(16-14-19)22(29)12-7-18-5-10-21(31-2)11-6-18/h3-6,8-11,19H,7,12-16H2,1-2H3,(H,26,30). The van der Waals surface area contributed by atoms with Crippen molar-refractivity contribution in [2.24, 2.45) is 0 Å². The number of carbonyl (C=O) groups is 1. The minimum atomic E-state index is -0.225. The van der Waals surface area contributed by atoms with Crippen molar-refractivity contribution >= 4 is 5.91 Å². The Labute approximate surface area is 181 Å². The molecule has 1 fully saturated rings. The average Bonchev–Trinajstić information content (AvgIpc) is 3.19. The summed E-state index contributed by atoms with van der Waals surface area (Å²) in [5.41, 5.74) is 2.86. The van der Waals surface area contributed by atoms with E-state index >= 15 is 0 Å². The Balaban J connectivity index is 1.36. The van der Waals surface area contributed by atoms with E-state index < -0.39 is 0 Å². The third-order valence-electron chi connectivity index (χ3n) is 5.99. The molecule has 31 heavy (non-hydrogen) atoms. The second-order valence-corrected chi connectivity index (χ2v) is 8.06. The monoisotopic (exact) mass is 420 g/mol. The van der Waals surface area contributed by atoms with Crippen LogP contribution in [-0.2, 0) is 11.2 Å². The number of nitrogens with zero attached hydrogens (tertiary/aromatic N) is 3. The molecule has 162 valence electrons. The molecule has 1 saturated heterocycles. The van der Waals surface area contributed by atoms with Gasteiger partial charge in [-0.05, 0) is 56.0 Å². The highest BCUT2D eigenvalue weighted by molar-refractivity contribution is 5.76. The van der Waals surface area contributed by atoms with E-state index in [0.29, 0.717) is 19.5 Å². The van der Waals surface area contributed by atoms with Crippen LogP contribution in [0.4, 0.5) is 0 Å². The van der Waals surface area contributed by atoms with E-state index in [0.717, 1.165) is 47.7 Å². The van der Waals surface area contributed by atoms with Crippen molar-refractivity contribution in [2.75, 3.05) is 20.2 Å². The fraction of sp³-hybridized carbons (Fsp3) is 0.375. The number of nitrogens with one attached hydrogen (secondary N) is 1. The molecule has 1 aliphatic rings. The molecule has 3 aromatic rings. The second kappa shape index (κ2) is 9.20. The van der Waals surface area contributed by atoms with Crippen molar-refractivity contribution in [2.45, 2.75) is 38.5 Å². The van der Waals surface area contributed by atoms with Gasteiger partial charge in [0.15, 0.2) is 0 Å². The second-order valence-electron chi connectivity index (χ2n) is 8.06. The van der Waals surface area contributed by atoms with E-state index in [1.54, 1.807) is 11.7 Å². The smallest absolute Gasteiger partial charge is 0.347 e. The van der Waals surface area contributed by atoms with Gasteiger partial charge in [0.05, 0.1) is 12.8 Å². The number of aromatic nitrogens is 3. The maximum absolute atomic E-state index is 12.7. The van der Waals surface area contributed by atoms with Crippen LogP contribution in [0.3, 0.4) is 0 Å². The molecule has 7 nitrogen and oxygen atoms in total. The van der Waals surface area contributed by atoms with Gasteiger partial charge in [0.25, 0.3) is 0 Å². The van der Waals surface area contributed by atoms with Crippen LogP contribution in [0.15, 0.2) is 53.3 Å². The zero-order valence-corrected chi connectivity index (χ0v) is 18.0. The normalized spacial score (nSPS) is 14.6. The third kappa shape index (κ3) is 4.71. The van der Waals surface area contributed by atoms with Crippen LogP contribution >= 0.6 is 0 Å². The molecule has 0 saturated carbocycles. The number of likely N-dealkylation sites (tertiary alicyclic amines) is 1. The van der Waals surface area contributed by atoms with Gasteiger partial charge < -0.3 is 9.64 Å². The van der Waals surface area contributed by atoms with Crippen molar-refractivity contribution in [1.82, 2.24) is 19.7 Å². The number of H-pyrrole nitrogens is 1. The van der Waals surface area contributed by atoms with Gasteiger partial charge in [-0.15, -0.1) is 0 Å². The zero-order chi connectivity index (χ0) is 21.8. The van der Waals surface area contributed by atoms with Gasteiger partial charge in [-0.2, -0.15) is 5.10 Å². The highest BCUT2D eigenvalue weighted by atomic mass is 16.5. The number of piperidine rings is 1. The lowest BCUT2D eigenvalue weighted by Crippen LogP contribution is -2.38. The Hall–Kier alpha value is -3.35. The van der Waals surface area contributed by atoms with Crippen LogP contribution < -0.4 is 10.4 Å². The summed E-state index contributed by atoms with van der Waals surface area (Å²) in [4.78, 5) is 27.0. The number of aromatic amines is 1. The van der Waals surface area contributed by atoms with Gasteiger partial charge in [-0.3, -0.25) is 4.79 Å². The van der Waals surface area contributed by atoms with Crippen LogP contribution in [0.1, 0.15) is 42.1 Å². The first-order chi connectivity index (χ1) is 15.0. The summed E-state index contributed by atoms with van der Waals surface area (Å²) in [7, 11) is 1.64. The molecule has 0 bridgehead atoms. The van der Waals surface area contributed by atoms with Crippen molar-refractivity contribution in [3.8, 4) is 11.4 Å². The number of methoxy groups -OCH3 is 1. The Bertz CT molecular complexity index is 1080. The first-order valence-corrected chi connectivity index (χ1v) is 10.7. The molecule has 0 radical (unpaired) electrons. The number of ether oxygens (including phenoxy) is 1. The van der Waals surface area contributed by atoms with Crippen LogP contribution in [0.2, 0.25) is 0 Å². The van der Waals surface area contributed by atoms with E-state index in [2.05, 4.69) is 10.2 Å². The topological polar surface area (TPSA) is 80.2 Å². The summed E-state index contributed by atoms with van der Waals surface area (Å²) in [5, 5.41) is 6.91. The predicted molar refractivity (Wildman–Crippen MR) is 119 cm³/mol. The molecule has 1 N–H and O–H groups in total. The van der Waals surface area contributed by atoms with E-state index in [1.807, 2.05) is 60.4 Å². The number of benzene rings is 2. The summed E-state index contributed by atoms with van der Waals surface area (Å²) in [6.07, 6.45) is 2.80. The summed E-state index contributed by atoms with van der Waals surface area (Å²) in [6, 6.07) is 15.7. The number of hydrogen-bond donors (Lipinski definition) is 1.